The number of aliphatic hydroxyl groups is 1. The third kappa shape index (κ3) is 5.97. The highest BCUT2D eigenvalue weighted by Crippen LogP contribution is 2.35. The van der Waals surface area contributed by atoms with Crippen LogP contribution in [0, 0.1) is 5.92 Å². The first kappa shape index (κ1) is 26.5. The van der Waals surface area contributed by atoms with Gasteiger partial charge in [0.15, 0.2) is 17.2 Å². The summed E-state index contributed by atoms with van der Waals surface area (Å²) >= 11 is 0. The Kier molecular flexibility index (Phi) is 7.94. The van der Waals surface area contributed by atoms with E-state index in [4.69, 9.17) is 14.2 Å². The average molecular weight is 533 g/mol. The van der Waals surface area contributed by atoms with E-state index in [1.165, 1.54) is 0 Å². The van der Waals surface area contributed by atoms with Gasteiger partial charge in [-0.3, -0.25) is 19.5 Å². The van der Waals surface area contributed by atoms with Crippen LogP contribution >= 0.6 is 0 Å². The Hall–Kier alpha value is -4.15. The standard InChI is InChI=1S/C29H32N4O6/c1-19-15-33(12-13-34)29(36)22-4-3-5-23(31-28(35)21-8-10-30-11-9-21)27(22)39-26(19)17-32(2)16-20-6-7-24-25(14-20)38-18-37-24/h3-11,14,19,26,34H,12-13,15-18H2,1-2H3,(H,31,35)/t19?,26-/m0/s1. The summed E-state index contributed by atoms with van der Waals surface area (Å²) in [6, 6.07) is 14.3. The third-order valence-electron chi connectivity index (χ3n) is 6.89. The Morgan fingerprint density at radius 3 is 2.74 bits per heavy atom. The number of carbonyl (C=O) groups excluding carboxylic acids is 2. The Balaban J connectivity index is 1.41. The molecular weight excluding hydrogens is 500 g/mol. The van der Waals surface area contributed by atoms with Crippen molar-refractivity contribution in [3.63, 3.8) is 0 Å². The van der Waals surface area contributed by atoms with E-state index in [9.17, 15) is 14.7 Å². The topological polar surface area (TPSA) is 113 Å². The lowest BCUT2D eigenvalue weighted by molar-refractivity contribution is 0.0459. The van der Waals surface area contributed by atoms with E-state index in [1.807, 2.05) is 32.2 Å². The number of likely N-dealkylation sites (N-methyl/N-ethyl adjacent to an activating group) is 1. The maximum atomic E-state index is 13.5. The number of β-amino-alcohol motifs (C(OH)–C–C–N with tert-alkyl or cyclic N) is 1. The number of para-hydroxylation sites is 1. The maximum absolute atomic E-state index is 13.5. The Bertz CT molecular complexity index is 1330. The number of aliphatic hydroxyl groups excluding tert-OH is 1. The molecule has 0 spiro atoms. The SMILES string of the molecule is CC1CN(CCO)C(=O)c2cccc(NC(=O)c3ccncc3)c2O[C@H]1CN(C)Cc1ccc2c(c1)OCO2. The van der Waals surface area contributed by atoms with Crippen LogP contribution in [0.15, 0.2) is 60.9 Å². The number of hydrogen-bond donors (Lipinski definition) is 2. The summed E-state index contributed by atoms with van der Waals surface area (Å²) in [7, 11) is 2.01. The monoisotopic (exact) mass is 532 g/mol. The summed E-state index contributed by atoms with van der Waals surface area (Å²) in [5, 5.41) is 12.6. The molecule has 10 heteroatoms. The molecule has 2 atom stereocenters. The number of amides is 2. The van der Waals surface area contributed by atoms with Crippen molar-refractivity contribution >= 4 is 17.5 Å². The highest BCUT2D eigenvalue weighted by Gasteiger charge is 2.33. The lowest BCUT2D eigenvalue weighted by Gasteiger charge is -2.36. The summed E-state index contributed by atoms with van der Waals surface area (Å²) in [6.07, 6.45) is 2.78. The Morgan fingerprint density at radius 1 is 1.15 bits per heavy atom. The molecule has 10 nitrogen and oxygen atoms in total. The van der Waals surface area contributed by atoms with Crippen LogP contribution in [0.2, 0.25) is 0 Å². The summed E-state index contributed by atoms with van der Waals surface area (Å²) in [5.74, 6) is 1.15. The van der Waals surface area contributed by atoms with Gasteiger partial charge in [0.2, 0.25) is 6.79 Å². The van der Waals surface area contributed by atoms with E-state index in [0.717, 1.165) is 17.1 Å². The molecule has 5 rings (SSSR count). The number of ether oxygens (including phenoxy) is 3. The minimum absolute atomic E-state index is 0.0585. The van der Waals surface area contributed by atoms with E-state index in [-0.39, 0.29) is 43.8 Å². The van der Waals surface area contributed by atoms with Crippen molar-refractivity contribution in [2.75, 3.05) is 45.4 Å². The molecule has 2 aromatic carbocycles. The van der Waals surface area contributed by atoms with Crippen LogP contribution in [0.5, 0.6) is 17.2 Å². The van der Waals surface area contributed by atoms with Crippen LogP contribution in [-0.4, -0.2) is 77.9 Å². The molecule has 2 amide bonds. The van der Waals surface area contributed by atoms with E-state index < -0.39 is 0 Å². The number of benzene rings is 2. The highest BCUT2D eigenvalue weighted by molar-refractivity contribution is 6.07. The highest BCUT2D eigenvalue weighted by atomic mass is 16.7. The van der Waals surface area contributed by atoms with Crippen LogP contribution in [-0.2, 0) is 6.54 Å². The van der Waals surface area contributed by atoms with Gasteiger partial charge in [0, 0.05) is 50.1 Å². The van der Waals surface area contributed by atoms with Gasteiger partial charge in [0.25, 0.3) is 11.8 Å². The van der Waals surface area contributed by atoms with Gasteiger partial charge >= 0.3 is 0 Å². The van der Waals surface area contributed by atoms with Crippen LogP contribution in [0.4, 0.5) is 5.69 Å². The van der Waals surface area contributed by atoms with Crippen molar-refractivity contribution in [2.45, 2.75) is 19.6 Å². The van der Waals surface area contributed by atoms with Crippen molar-refractivity contribution < 1.29 is 28.9 Å². The lowest BCUT2D eigenvalue weighted by Crippen LogP contribution is -2.47. The van der Waals surface area contributed by atoms with Crippen molar-refractivity contribution in [2.24, 2.45) is 5.92 Å². The fourth-order valence-electron chi connectivity index (χ4n) is 4.87. The normalized spacial score (nSPS) is 18.3. The number of hydrogen-bond acceptors (Lipinski definition) is 8. The zero-order chi connectivity index (χ0) is 27.4. The molecule has 39 heavy (non-hydrogen) atoms. The van der Waals surface area contributed by atoms with E-state index in [1.54, 1.807) is 47.6 Å². The van der Waals surface area contributed by atoms with E-state index >= 15 is 0 Å². The lowest BCUT2D eigenvalue weighted by atomic mass is 9.99. The molecule has 0 fully saturated rings. The van der Waals surface area contributed by atoms with Gasteiger partial charge in [-0.05, 0) is 49.0 Å². The zero-order valence-corrected chi connectivity index (χ0v) is 22.0. The molecule has 0 aliphatic carbocycles. The Labute approximate surface area is 227 Å². The first-order chi connectivity index (χ1) is 18.9. The molecule has 0 saturated carbocycles. The van der Waals surface area contributed by atoms with Gasteiger partial charge in [-0.2, -0.15) is 0 Å². The molecule has 204 valence electrons. The number of aromatic nitrogens is 1. The maximum Gasteiger partial charge on any atom is 0.257 e. The molecular formula is C29H32N4O6. The molecule has 2 N–H and O–H groups in total. The van der Waals surface area contributed by atoms with Gasteiger partial charge in [0.1, 0.15) is 6.10 Å². The second-order valence-corrected chi connectivity index (χ2v) is 9.86. The number of anilines is 1. The molecule has 2 aliphatic rings. The minimum Gasteiger partial charge on any atom is -0.486 e. The van der Waals surface area contributed by atoms with Crippen LogP contribution < -0.4 is 19.5 Å². The quantitative estimate of drug-likeness (QED) is 0.455. The van der Waals surface area contributed by atoms with Crippen LogP contribution in [0.3, 0.4) is 0 Å². The molecule has 1 unspecified atom stereocenters. The van der Waals surface area contributed by atoms with Crippen LogP contribution in [0.25, 0.3) is 0 Å². The van der Waals surface area contributed by atoms with Crippen molar-refractivity contribution in [1.29, 1.82) is 0 Å². The molecule has 0 saturated heterocycles. The summed E-state index contributed by atoms with van der Waals surface area (Å²) in [5.41, 5.74) is 2.26. The van der Waals surface area contributed by atoms with Crippen molar-refractivity contribution in [3.05, 3.63) is 77.6 Å². The summed E-state index contributed by atoms with van der Waals surface area (Å²) in [4.78, 5) is 34.2. The smallest absolute Gasteiger partial charge is 0.257 e. The molecule has 2 aliphatic heterocycles. The first-order valence-electron chi connectivity index (χ1n) is 12.9. The summed E-state index contributed by atoms with van der Waals surface area (Å²) in [6.45, 7) is 3.94. The fourth-order valence-corrected chi connectivity index (χ4v) is 4.87. The Morgan fingerprint density at radius 2 is 1.95 bits per heavy atom. The molecule has 0 bridgehead atoms. The number of nitrogens with one attached hydrogen (secondary N) is 1. The number of rotatable bonds is 8. The van der Waals surface area contributed by atoms with E-state index in [2.05, 4.69) is 15.2 Å². The number of fused-ring (bicyclic) bond motifs is 2. The second kappa shape index (κ2) is 11.7. The van der Waals surface area contributed by atoms with Gasteiger partial charge in [-0.1, -0.05) is 19.1 Å². The molecule has 0 radical (unpaired) electrons. The first-order valence-corrected chi connectivity index (χ1v) is 12.9. The van der Waals surface area contributed by atoms with Gasteiger partial charge in [0.05, 0.1) is 17.9 Å². The van der Waals surface area contributed by atoms with Gasteiger partial charge < -0.3 is 29.5 Å². The fraction of sp³-hybridized carbons (Fsp3) is 0.345. The summed E-state index contributed by atoms with van der Waals surface area (Å²) < 4.78 is 17.5. The molecule has 3 aromatic rings. The largest absolute Gasteiger partial charge is 0.486 e. The van der Waals surface area contributed by atoms with Gasteiger partial charge in [-0.15, -0.1) is 0 Å². The third-order valence-corrected chi connectivity index (χ3v) is 6.89. The van der Waals surface area contributed by atoms with Gasteiger partial charge in [-0.25, -0.2) is 0 Å². The van der Waals surface area contributed by atoms with Crippen molar-refractivity contribution in [3.8, 4) is 17.2 Å². The number of carbonyl (C=O) groups is 2. The minimum atomic E-state index is -0.333. The molecule has 3 heterocycles. The average Bonchev–Trinajstić information content (AvgIpc) is 3.40. The molecule has 1 aromatic heterocycles. The van der Waals surface area contributed by atoms with Crippen LogP contribution in [0.1, 0.15) is 33.2 Å². The predicted molar refractivity (Wildman–Crippen MR) is 144 cm³/mol. The second-order valence-electron chi connectivity index (χ2n) is 9.86. The number of pyridine rings is 1. The van der Waals surface area contributed by atoms with E-state index in [0.29, 0.717) is 42.2 Å². The van der Waals surface area contributed by atoms with Crippen molar-refractivity contribution in [1.82, 2.24) is 14.8 Å². The predicted octanol–water partition coefficient (Wildman–Crippen LogP) is 3.03. The number of nitrogens with zero attached hydrogens (tertiary/aromatic N) is 3. The zero-order valence-electron chi connectivity index (χ0n) is 22.0.